The van der Waals surface area contributed by atoms with Crippen LogP contribution in [0.1, 0.15) is 27.2 Å². The molecule has 0 radical (unpaired) electrons. The maximum absolute atomic E-state index is 10.7. The van der Waals surface area contributed by atoms with Crippen LogP contribution in [0.25, 0.3) is 0 Å². The van der Waals surface area contributed by atoms with Crippen LogP contribution in [0, 0.1) is 17.3 Å². The van der Waals surface area contributed by atoms with Gasteiger partial charge in [-0.25, -0.2) is 0 Å². The topological polar surface area (TPSA) is 57.5 Å². The lowest BCUT2D eigenvalue weighted by molar-refractivity contribution is -0.165. The SMILES string of the molecule is CC(O)C1CC(C(=O)O)C1(C)C. The fourth-order valence-electron chi connectivity index (χ4n) is 2.20. The number of hydrogen-bond acceptors (Lipinski definition) is 2. The van der Waals surface area contributed by atoms with Crippen LogP contribution in [-0.2, 0) is 4.79 Å². The van der Waals surface area contributed by atoms with Crippen molar-refractivity contribution in [2.24, 2.45) is 17.3 Å². The van der Waals surface area contributed by atoms with E-state index in [2.05, 4.69) is 0 Å². The van der Waals surface area contributed by atoms with E-state index in [-0.39, 0.29) is 17.3 Å². The fraction of sp³-hybridized carbons (Fsp3) is 0.889. The van der Waals surface area contributed by atoms with E-state index < -0.39 is 12.1 Å². The third-order valence-electron chi connectivity index (χ3n) is 3.22. The summed E-state index contributed by atoms with van der Waals surface area (Å²) in [5.74, 6) is -0.882. The second-order valence-corrected chi connectivity index (χ2v) is 4.29. The first-order chi connectivity index (χ1) is 5.37. The normalized spacial score (nSPS) is 35.3. The van der Waals surface area contributed by atoms with E-state index in [4.69, 9.17) is 5.11 Å². The minimum absolute atomic E-state index is 0.138. The van der Waals surface area contributed by atoms with Crippen molar-refractivity contribution in [1.82, 2.24) is 0 Å². The van der Waals surface area contributed by atoms with Crippen molar-refractivity contribution < 1.29 is 15.0 Å². The second-order valence-electron chi connectivity index (χ2n) is 4.29. The van der Waals surface area contributed by atoms with E-state index in [1.165, 1.54) is 0 Å². The number of hydrogen-bond donors (Lipinski definition) is 2. The molecule has 3 unspecified atom stereocenters. The molecule has 0 aromatic carbocycles. The molecule has 0 heterocycles. The predicted octanol–water partition coefficient (Wildman–Crippen LogP) is 1.11. The van der Waals surface area contributed by atoms with Gasteiger partial charge in [-0.15, -0.1) is 0 Å². The number of aliphatic hydroxyl groups is 1. The maximum atomic E-state index is 10.7. The van der Waals surface area contributed by atoms with Crippen LogP contribution in [0.2, 0.25) is 0 Å². The predicted molar refractivity (Wildman–Crippen MR) is 44.7 cm³/mol. The van der Waals surface area contributed by atoms with Crippen LogP contribution in [-0.4, -0.2) is 22.3 Å². The number of carbonyl (C=O) groups is 1. The Morgan fingerprint density at radius 3 is 2.33 bits per heavy atom. The molecule has 1 rings (SSSR count). The Bertz CT molecular complexity index is 196. The van der Waals surface area contributed by atoms with Crippen molar-refractivity contribution in [2.45, 2.75) is 33.3 Å². The van der Waals surface area contributed by atoms with Gasteiger partial charge < -0.3 is 10.2 Å². The molecule has 0 amide bonds. The molecule has 0 saturated heterocycles. The van der Waals surface area contributed by atoms with Gasteiger partial charge in [0.1, 0.15) is 0 Å². The third-order valence-corrected chi connectivity index (χ3v) is 3.22. The summed E-state index contributed by atoms with van der Waals surface area (Å²) in [6.07, 6.45) is 0.218. The highest BCUT2D eigenvalue weighted by Gasteiger charge is 2.53. The van der Waals surface area contributed by atoms with E-state index >= 15 is 0 Å². The molecule has 0 spiro atoms. The van der Waals surface area contributed by atoms with Gasteiger partial charge in [0.15, 0.2) is 0 Å². The highest BCUT2D eigenvalue weighted by Crippen LogP contribution is 2.52. The highest BCUT2D eigenvalue weighted by molar-refractivity contribution is 5.72. The van der Waals surface area contributed by atoms with Gasteiger partial charge in [-0.2, -0.15) is 0 Å². The lowest BCUT2D eigenvalue weighted by Gasteiger charge is -2.51. The van der Waals surface area contributed by atoms with Crippen LogP contribution < -0.4 is 0 Å². The summed E-state index contributed by atoms with van der Waals surface area (Å²) < 4.78 is 0. The molecule has 0 aliphatic heterocycles. The molecule has 3 atom stereocenters. The molecule has 1 aliphatic rings. The fourth-order valence-corrected chi connectivity index (χ4v) is 2.20. The number of aliphatic hydroxyl groups excluding tert-OH is 1. The monoisotopic (exact) mass is 172 g/mol. The Kier molecular flexibility index (Phi) is 2.17. The van der Waals surface area contributed by atoms with Crippen molar-refractivity contribution in [3.8, 4) is 0 Å². The lowest BCUT2D eigenvalue weighted by atomic mass is 9.53. The van der Waals surface area contributed by atoms with Gasteiger partial charge in [0.05, 0.1) is 12.0 Å². The summed E-state index contributed by atoms with van der Waals surface area (Å²) in [5, 5.41) is 18.1. The largest absolute Gasteiger partial charge is 0.481 e. The Balaban J connectivity index is 2.66. The van der Waals surface area contributed by atoms with Crippen LogP contribution in [0.15, 0.2) is 0 Å². The zero-order chi connectivity index (χ0) is 9.52. The molecule has 0 aromatic heterocycles. The summed E-state index contributed by atoms with van der Waals surface area (Å²) in [6, 6.07) is 0. The molecule has 0 bridgehead atoms. The van der Waals surface area contributed by atoms with Crippen LogP contribution in [0.3, 0.4) is 0 Å². The highest BCUT2D eigenvalue weighted by atomic mass is 16.4. The van der Waals surface area contributed by atoms with Gasteiger partial charge in [-0.1, -0.05) is 13.8 Å². The van der Waals surface area contributed by atoms with Gasteiger partial charge >= 0.3 is 5.97 Å². The Morgan fingerprint density at radius 2 is 2.08 bits per heavy atom. The lowest BCUT2D eigenvalue weighted by Crippen LogP contribution is -2.52. The summed E-state index contributed by atoms with van der Waals surface area (Å²) in [7, 11) is 0. The van der Waals surface area contributed by atoms with Crippen molar-refractivity contribution in [3.63, 3.8) is 0 Å². The smallest absolute Gasteiger partial charge is 0.307 e. The molecule has 3 heteroatoms. The first kappa shape index (κ1) is 9.52. The zero-order valence-corrected chi connectivity index (χ0v) is 7.74. The Morgan fingerprint density at radius 1 is 1.58 bits per heavy atom. The van der Waals surface area contributed by atoms with Crippen molar-refractivity contribution in [1.29, 1.82) is 0 Å². The molecule has 0 aromatic rings. The second kappa shape index (κ2) is 2.73. The molecule has 1 saturated carbocycles. The number of aliphatic carboxylic acids is 1. The quantitative estimate of drug-likeness (QED) is 0.656. The number of rotatable bonds is 2. The minimum Gasteiger partial charge on any atom is -0.481 e. The zero-order valence-electron chi connectivity index (χ0n) is 7.74. The van der Waals surface area contributed by atoms with Crippen LogP contribution >= 0.6 is 0 Å². The molecule has 70 valence electrons. The summed E-state index contributed by atoms with van der Waals surface area (Å²) >= 11 is 0. The molecular formula is C9H16O3. The minimum atomic E-state index is -0.739. The Hall–Kier alpha value is -0.570. The van der Waals surface area contributed by atoms with Gasteiger partial charge in [0.2, 0.25) is 0 Å². The Labute approximate surface area is 72.4 Å². The summed E-state index contributed by atoms with van der Waals surface area (Å²) in [4.78, 5) is 10.7. The standard InChI is InChI=1S/C9H16O3/c1-5(10)6-4-7(8(11)12)9(6,2)3/h5-7,10H,4H2,1-3H3,(H,11,12). The first-order valence-electron chi connectivity index (χ1n) is 4.28. The van der Waals surface area contributed by atoms with E-state index in [1.807, 2.05) is 13.8 Å². The van der Waals surface area contributed by atoms with Crippen molar-refractivity contribution in [2.75, 3.05) is 0 Å². The number of carboxylic acids is 1. The van der Waals surface area contributed by atoms with Gasteiger partial charge in [-0.05, 0) is 24.7 Å². The third kappa shape index (κ3) is 1.22. The first-order valence-corrected chi connectivity index (χ1v) is 4.28. The van der Waals surface area contributed by atoms with Crippen LogP contribution in [0.4, 0.5) is 0 Å². The summed E-state index contributed by atoms with van der Waals surface area (Å²) in [6.45, 7) is 5.55. The van der Waals surface area contributed by atoms with Crippen molar-refractivity contribution >= 4 is 5.97 Å². The summed E-state index contributed by atoms with van der Waals surface area (Å²) in [5.41, 5.74) is -0.250. The van der Waals surface area contributed by atoms with Gasteiger partial charge in [0, 0.05) is 0 Å². The average Bonchev–Trinajstić information content (AvgIpc) is 1.83. The molecule has 2 N–H and O–H groups in total. The van der Waals surface area contributed by atoms with E-state index in [1.54, 1.807) is 6.92 Å². The van der Waals surface area contributed by atoms with Gasteiger partial charge in [0.25, 0.3) is 0 Å². The molecule has 1 aliphatic carbocycles. The van der Waals surface area contributed by atoms with Gasteiger partial charge in [-0.3, -0.25) is 4.79 Å². The van der Waals surface area contributed by atoms with E-state index in [9.17, 15) is 9.90 Å². The molecular weight excluding hydrogens is 156 g/mol. The van der Waals surface area contributed by atoms with E-state index in [0.29, 0.717) is 6.42 Å². The van der Waals surface area contributed by atoms with Crippen molar-refractivity contribution in [3.05, 3.63) is 0 Å². The molecule has 12 heavy (non-hydrogen) atoms. The maximum Gasteiger partial charge on any atom is 0.307 e. The van der Waals surface area contributed by atoms with E-state index in [0.717, 1.165) is 0 Å². The van der Waals surface area contributed by atoms with Crippen LogP contribution in [0.5, 0.6) is 0 Å². The average molecular weight is 172 g/mol. The number of carboxylic acid groups (broad SMARTS) is 1. The molecule has 1 fully saturated rings. The molecule has 3 nitrogen and oxygen atoms in total.